The van der Waals surface area contributed by atoms with E-state index in [1.807, 2.05) is 18.2 Å². The Kier molecular flexibility index (Phi) is 4.42. The number of furan rings is 2. The van der Waals surface area contributed by atoms with Gasteiger partial charge in [-0.15, -0.1) is 5.10 Å². The maximum Gasteiger partial charge on any atom is 0.235 e. The van der Waals surface area contributed by atoms with Gasteiger partial charge in [0, 0.05) is 0 Å². The minimum atomic E-state index is -0.0611. The minimum Gasteiger partial charge on any atom is -0.492 e. The number of nitrogens with one attached hydrogen (secondary N) is 2. The quantitative estimate of drug-likeness (QED) is 0.446. The molecular weight excluding hydrogens is 378 g/mol. The van der Waals surface area contributed by atoms with Crippen molar-refractivity contribution in [1.29, 1.82) is 0 Å². The number of hydrogen-bond donors (Lipinski definition) is 3. The average Bonchev–Trinajstić information content (AvgIpc) is 3.50. The van der Waals surface area contributed by atoms with Crippen LogP contribution in [0.15, 0.2) is 45.6 Å². The third kappa shape index (κ3) is 2.92. The number of likely N-dealkylation sites (N-methyl/N-ethyl adjacent to an activating group) is 1. The lowest BCUT2D eigenvalue weighted by atomic mass is 10.1. The van der Waals surface area contributed by atoms with E-state index in [0.29, 0.717) is 16.5 Å². The topological polar surface area (TPSA) is 85.6 Å². The molecule has 28 heavy (non-hydrogen) atoms. The minimum absolute atomic E-state index is 0.0611. The maximum absolute atomic E-state index is 11.0. The number of hydrogen-bond acceptors (Lipinski definition) is 6. The number of aromatic hydroxyl groups is 1. The van der Waals surface area contributed by atoms with Crippen LogP contribution in [0.2, 0.25) is 0 Å². The molecular formula is C19H23N5O3S+2. The van der Waals surface area contributed by atoms with E-state index in [4.69, 9.17) is 8.83 Å². The molecule has 0 spiro atoms. The second kappa shape index (κ2) is 7.08. The van der Waals surface area contributed by atoms with E-state index in [0.717, 1.165) is 43.4 Å². The summed E-state index contributed by atoms with van der Waals surface area (Å²) < 4.78 is 12.6. The summed E-state index contributed by atoms with van der Waals surface area (Å²) in [6.07, 6.45) is 3.28. The summed E-state index contributed by atoms with van der Waals surface area (Å²) in [6, 6.07) is 7.43. The Bertz CT molecular complexity index is 1050. The zero-order chi connectivity index (χ0) is 19.1. The maximum atomic E-state index is 11.0. The standard InChI is InChI=1S/C19H21N5O3S/c1-2-22-7-9-23(10-8-22)15(13-5-3-11-26-13)16-18(25)24-19(28-16)20-17(21-24)14-6-4-12-27-14/h3-6,11-12,15,25H,2,7-10H2,1H3/p+2/t15-/m0/s1. The summed E-state index contributed by atoms with van der Waals surface area (Å²) in [4.78, 5) is 9.05. The van der Waals surface area contributed by atoms with Gasteiger partial charge < -0.3 is 23.7 Å². The molecule has 0 aliphatic carbocycles. The lowest BCUT2D eigenvalue weighted by molar-refractivity contribution is -1.02. The molecule has 1 atom stereocenters. The molecule has 1 aliphatic rings. The van der Waals surface area contributed by atoms with Crippen LogP contribution in [0.1, 0.15) is 23.6 Å². The highest BCUT2D eigenvalue weighted by Crippen LogP contribution is 2.36. The molecule has 1 aliphatic heterocycles. The van der Waals surface area contributed by atoms with E-state index < -0.39 is 0 Å². The molecule has 5 heterocycles. The molecule has 0 radical (unpaired) electrons. The average molecular weight is 401 g/mol. The molecule has 1 saturated heterocycles. The summed E-state index contributed by atoms with van der Waals surface area (Å²) in [6.45, 7) is 7.67. The molecule has 1 fully saturated rings. The van der Waals surface area contributed by atoms with Crippen molar-refractivity contribution in [3.63, 3.8) is 0 Å². The highest BCUT2D eigenvalue weighted by atomic mass is 32.1. The fourth-order valence-corrected chi connectivity index (χ4v) is 5.11. The summed E-state index contributed by atoms with van der Waals surface area (Å²) in [5.74, 6) is 2.05. The number of fused-ring (bicyclic) bond motifs is 1. The highest BCUT2D eigenvalue weighted by molar-refractivity contribution is 7.17. The molecule has 0 bridgehead atoms. The Hall–Kier alpha value is -2.62. The summed E-state index contributed by atoms with van der Waals surface area (Å²) in [7, 11) is 0. The first-order valence-corrected chi connectivity index (χ1v) is 10.4. The highest BCUT2D eigenvalue weighted by Gasteiger charge is 2.37. The van der Waals surface area contributed by atoms with Crippen LogP contribution in [0, 0.1) is 0 Å². The van der Waals surface area contributed by atoms with E-state index in [1.54, 1.807) is 23.5 Å². The van der Waals surface area contributed by atoms with Gasteiger partial charge in [-0.05, 0) is 31.2 Å². The molecule has 5 rings (SSSR count). The van der Waals surface area contributed by atoms with Crippen LogP contribution < -0.4 is 9.80 Å². The molecule has 4 aromatic heterocycles. The van der Waals surface area contributed by atoms with Crippen LogP contribution in [-0.2, 0) is 0 Å². The molecule has 8 nitrogen and oxygen atoms in total. The monoisotopic (exact) mass is 401 g/mol. The second-order valence-electron chi connectivity index (χ2n) is 7.11. The molecule has 0 saturated carbocycles. The predicted octanol–water partition coefficient (Wildman–Crippen LogP) is 0.242. The van der Waals surface area contributed by atoms with Crippen LogP contribution in [0.4, 0.5) is 0 Å². The van der Waals surface area contributed by atoms with Crippen LogP contribution in [-0.4, -0.2) is 52.4 Å². The van der Waals surface area contributed by atoms with Crippen LogP contribution >= 0.6 is 11.3 Å². The Morgan fingerprint density at radius 3 is 2.61 bits per heavy atom. The van der Waals surface area contributed by atoms with Crippen LogP contribution in [0.3, 0.4) is 0 Å². The van der Waals surface area contributed by atoms with Gasteiger partial charge in [-0.1, -0.05) is 11.3 Å². The lowest BCUT2D eigenvalue weighted by Crippen LogP contribution is -3.28. The number of quaternary nitrogens is 2. The Balaban J connectivity index is 1.53. The first kappa shape index (κ1) is 17.5. The first-order chi connectivity index (χ1) is 13.7. The van der Waals surface area contributed by atoms with Gasteiger partial charge in [0.25, 0.3) is 0 Å². The number of rotatable bonds is 5. The van der Waals surface area contributed by atoms with Crippen LogP contribution in [0.5, 0.6) is 5.88 Å². The summed E-state index contributed by atoms with van der Waals surface area (Å²) in [5.41, 5.74) is 0. The van der Waals surface area contributed by atoms with Crippen molar-refractivity contribution in [2.24, 2.45) is 0 Å². The molecule has 0 aromatic carbocycles. The van der Waals surface area contributed by atoms with Gasteiger partial charge >= 0.3 is 0 Å². The molecule has 3 N–H and O–H groups in total. The predicted molar refractivity (Wildman–Crippen MR) is 103 cm³/mol. The normalized spacial score (nSPS) is 21.3. The zero-order valence-corrected chi connectivity index (χ0v) is 16.4. The van der Waals surface area contributed by atoms with Gasteiger partial charge in [-0.25, -0.2) is 0 Å². The summed E-state index contributed by atoms with van der Waals surface area (Å²) >= 11 is 1.46. The van der Waals surface area contributed by atoms with E-state index in [9.17, 15) is 5.11 Å². The van der Waals surface area contributed by atoms with Crippen LogP contribution in [0.25, 0.3) is 16.5 Å². The molecule has 146 valence electrons. The summed E-state index contributed by atoms with van der Waals surface area (Å²) in [5, 5.41) is 15.4. The smallest absolute Gasteiger partial charge is 0.235 e. The first-order valence-electron chi connectivity index (χ1n) is 9.58. The third-order valence-electron chi connectivity index (χ3n) is 5.54. The SMILES string of the molecule is CC[NH+]1CC[NH+]([C@@H](c2ccco2)c2sc3nc(-c4ccco4)nn3c2O)CC1. The van der Waals surface area contributed by atoms with E-state index in [2.05, 4.69) is 17.0 Å². The van der Waals surface area contributed by atoms with E-state index in [-0.39, 0.29) is 11.9 Å². The number of thiazole rings is 1. The van der Waals surface area contributed by atoms with Crippen molar-refractivity contribution in [2.75, 3.05) is 32.7 Å². The van der Waals surface area contributed by atoms with Gasteiger partial charge in [0.1, 0.15) is 31.1 Å². The fraction of sp³-hybridized carbons (Fsp3) is 0.368. The van der Waals surface area contributed by atoms with Gasteiger partial charge in [-0.2, -0.15) is 9.50 Å². The number of piperazine rings is 1. The third-order valence-corrected chi connectivity index (χ3v) is 6.62. The van der Waals surface area contributed by atoms with E-state index in [1.165, 1.54) is 20.8 Å². The Labute approximate surface area is 165 Å². The van der Waals surface area contributed by atoms with Crippen molar-refractivity contribution in [1.82, 2.24) is 14.6 Å². The zero-order valence-electron chi connectivity index (χ0n) is 15.6. The van der Waals surface area contributed by atoms with Crippen molar-refractivity contribution in [2.45, 2.75) is 13.0 Å². The number of aromatic nitrogens is 3. The van der Waals surface area contributed by atoms with Gasteiger partial charge in [0.2, 0.25) is 16.7 Å². The van der Waals surface area contributed by atoms with Crippen molar-refractivity contribution in [3.05, 3.63) is 47.4 Å². The van der Waals surface area contributed by atoms with Gasteiger partial charge in [0.15, 0.2) is 17.6 Å². The van der Waals surface area contributed by atoms with Gasteiger partial charge in [-0.3, -0.25) is 0 Å². The second-order valence-corrected chi connectivity index (χ2v) is 8.12. The molecule has 0 amide bonds. The van der Waals surface area contributed by atoms with Gasteiger partial charge in [0.05, 0.1) is 19.1 Å². The van der Waals surface area contributed by atoms with E-state index >= 15 is 0 Å². The Morgan fingerprint density at radius 2 is 1.96 bits per heavy atom. The molecule has 9 heteroatoms. The molecule has 4 aromatic rings. The van der Waals surface area contributed by atoms with Crippen molar-refractivity contribution >= 4 is 16.3 Å². The largest absolute Gasteiger partial charge is 0.492 e. The Morgan fingerprint density at radius 1 is 1.18 bits per heavy atom. The molecule has 0 unspecified atom stereocenters. The fourth-order valence-electron chi connectivity index (χ4n) is 3.99. The van der Waals surface area contributed by atoms with Crippen molar-refractivity contribution in [3.8, 4) is 17.5 Å². The van der Waals surface area contributed by atoms with Crippen molar-refractivity contribution < 1.29 is 23.7 Å². The number of nitrogens with zero attached hydrogens (tertiary/aromatic N) is 3. The lowest BCUT2D eigenvalue weighted by Gasteiger charge is -2.32.